The zero-order chi connectivity index (χ0) is 23.2. The van der Waals surface area contributed by atoms with Crippen molar-refractivity contribution in [1.82, 2.24) is 9.80 Å². The van der Waals surface area contributed by atoms with Gasteiger partial charge in [0, 0.05) is 31.5 Å². The summed E-state index contributed by atoms with van der Waals surface area (Å²) in [6, 6.07) is 9.63. The predicted molar refractivity (Wildman–Crippen MR) is 135 cm³/mol. The Kier molecular flexibility index (Phi) is 6.13. The molecule has 3 heterocycles. The van der Waals surface area contributed by atoms with Gasteiger partial charge in [-0.05, 0) is 87.8 Å². The van der Waals surface area contributed by atoms with E-state index in [0.717, 1.165) is 50.3 Å². The molecule has 4 fully saturated rings. The number of hydrogen-bond donors (Lipinski definition) is 0. The summed E-state index contributed by atoms with van der Waals surface area (Å²) in [4.78, 5) is 30.9. The first-order chi connectivity index (χ1) is 16.6. The lowest BCUT2D eigenvalue weighted by Crippen LogP contribution is -2.60. The number of rotatable bonds is 4. The fraction of sp³-hybridized carbons (Fsp3) is 0.667. The minimum absolute atomic E-state index is 0.120. The molecule has 1 aromatic carbocycles. The van der Waals surface area contributed by atoms with Crippen molar-refractivity contribution in [2.75, 3.05) is 19.6 Å². The molecule has 4 unspecified atom stereocenters. The van der Waals surface area contributed by atoms with Gasteiger partial charge in [-0.1, -0.05) is 42.3 Å². The normalized spacial score (nSPS) is 34.3. The van der Waals surface area contributed by atoms with Gasteiger partial charge in [0.25, 0.3) is 0 Å². The van der Waals surface area contributed by atoms with Crippen LogP contribution in [0.4, 0.5) is 0 Å². The Hall–Kier alpha value is -1.94. The molecule has 1 saturated carbocycles. The molecular weight excluding hydrogens is 420 g/mol. The van der Waals surface area contributed by atoms with Gasteiger partial charge >= 0.3 is 0 Å². The third-order valence-electron chi connectivity index (χ3n) is 9.70. The molecule has 3 aliphatic heterocycles. The summed E-state index contributed by atoms with van der Waals surface area (Å²) in [5.74, 6) is 2.11. The largest absolute Gasteiger partial charge is 0.335 e. The summed E-state index contributed by atoms with van der Waals surface area (Å²) >= 11 is 0. The number of nitrogens with zero attached hydrogens (tertiary/aromatic N) is 2. The third-order valence-corrected chi connectivity index (χ3v) is 9.70. The van der Waals surface area contributed by atoms with E-state index in [0.29, 0.717) is 29.6 Å². The van der Waals surface area contributed by atoms with E-state index < -0.39 is 0 Å². The van der Waals surface area contributed by atoms with Crippen molar-refractivity contribution in [3.05, 3.63) is 47.0 Å². The van der Waals surface area contributed by atoms with Crippen molar-refractivity contribution >= 4 is 11.7 Å². The van der Waals surface area contributed by atoms with Crippen molar-refractivity contribution in [3.8, 4) is 0 Å². The fourth-order valence-electron chi connectivity index (χ4n) is 7.94. The highest BCUT2D eigenvalue weighted by Crippen LogP contribution is 2.45. The van der Waals surface area contributed by atoms with Crippen LogP contribution >= 0.6 is 0 Å². The highest BCUT2D eigenvalue weighted by atomic mass is 16.2. The first-order valence-corrected chi connectivity index (χ1v) is 13.9. The second kappa shape index (κ2) is 9.26. The molecule has 2 aliphatic carbocycles. The van der Waals surface area contributed by atoms with Gasteiger partial charge in [0.15, 0.2) is 0 Å². The van der Waals surface area contributed by atoms with Crippen molar-refractivity contribution in [3.63, 3.8) is 0 Å². The molecule has 6 rings (SSSR count). The maximum Gasteiger partial charge on any atom is 0.230 e. The first kappa shape index (κ1) is 22.5. The van der Waals surface area contributed by atoms with Crippen LogP contribution in [0.1, 0.15) is 81.8 Å². The second-order valence-corrected chi connectivity index (χ2v) is 11.8. The molecule has 6 atom stereocenters. The topological polar surface area (TPSA) is 40.6 Å². The van der Waals surface area contributed by atoms with Crippen LogP contribution < -0.4 is 0 Å². The van der Waals surface area contributed by atoms with E-state index in [1.807, 2.05) is 0 Å². The van der Waals surface area contributed by atoms with E-state index in [-0.39, 0.29) is 11.8 Å². The summed E-state index contributed by atoms with van der Waals surface area (Å²) < 4.78 is 0. The molecule has 0 spiro atoms. The molecular formula is C30H40N2O2. The van der Waals surface area contributed by atoms with Crippen molar-refractivity contribution in [1.29, 1.82) is 0 Å². The molecule has 3 saturated heterocycles. The Morgan fingerprint density at radius 2 is 1.88 bits per heavy atom. The SMILES string of the molecule is C[C@@H](C(=O)N1CCCC2=CC3CC(CN4CCCCC34)C21)c1ccc(C[C@@H]2CCCC2=O)cc1. The van der Waals surface area contributed by atoms with Crippen molar-refractivity contribution in [2.24, 2.45) is 17.8 Å². The van der Waals surface area contributed by atoms with Gasteiger partial charge in [0.1, 0.15) is 5.78 Å². The summed E-state index contributed by atoms with van der Waals surface area (Å²) in [6.45, 7) is 5.41. The Labute approximate surface area is 204 Å². The van der Waals surface area contributed by atoms with E-state index in [1.54, 1.807) is 5.57 Å². The Morgan fingerprint density at radius 3 is 2.68 bits per heavy atom. The number of Topliss-reactive ketones (excluding diaryl/α,β-unsaturated/α-hetero) is 1. The number of carbonyl (C=O) groups excluding carboxylic acids is 2. The molecule has 5 aliphatic rings. The molecule has 34 heavy (non-hydrogen) atoms. The molecule has 0 radical (unpaired) electrons. The molecule has 1 aromatic rings. The zero-order valence-corrected chi connectivity index (χ0v) is 20.8. The standard InChI is InChI=1S/C30H40N2O2/c1-20(22-12-10-21(11-13-22)16-23-6-4-9-28(23)33)30(34)32-15-5-7-24-17-25-18-26(29(24)32)19-31-14-3-2-8-27(25)31/h10-13,17,20,23,25-27,29H,2-9,14-16,18-19H2,1H3/t20-,23+,25?,26?,27?,29?/m1/s1. The fourth-order valence-corrected chi connectivity index (χ4v) is 7.94. The summed E-state index contributed by atoms with van der Waals surface area (Å²) in [5.41, 5.74) is 3.90. The van der Waals surface area contributed by atoms with Crippen LogP contribution in [0.3, 0.4) is 0 Å². The number of piperidine rings is 3. The van der Waals surface area contributed by atoms with Crippen LogP contribution in [0.25, 0.3) is 0 Å². The highest BCUT2D eigenvalue weighted by molar-refractivity contribution is 5.84. The number of ketones is 1. The van der Waals surface area contributed by atoms with Gasteiger partial charge in [-0.15, -0.1) is 0 Å². The molecule has 2 bridgehead atoms. The molecule has 0 aromatic heterocycles. The Morgan fingerprint density at radius 1 is 1.03 bits per heavy atom. The second-order valence-electron chi connectivity index (χ2n) is 11.8. The van der Waals surface area contributed by atoms with E-state index in [2.05, 4.69) is 47.1 Å². The van der Waals surface area contributed by atoms with Gasteiger partial charge in [0.05, 0.1) is 12.0 Å². The Bertz CT molecular complexity index is 967. The number of likely N-dealkylation sites (tertiary alicyclic amines) is 1. The van der Waals surface area contributed by atoms with E-state index in [9.17, 15) is 9.59 Å². The lowest BCUT2D eigenvalue weighted by atomic mass is 9.68. The average Bonchev–Trinajstić information content (AvgIpc) is 3.27. The lowest BCUT2D eigenvalue weighted by molar-refractivity contribution is -0.137. The van der Waals surface area contributed by atoms with Gasteiger partial charge in [-0.3, -0.25) is 14.5 Å². The van der Waals surface area contributed by atoms with Crippen molar-refractivity contribution in [2.45, 2.75) is 89.1 Å². The van der Waals surface area contributed by atoms with Crippen LogP contribution in [-0.4, -0.2) is 53.2 Å². The summed E-state index contributed by atoms with van der Waals surface area (Å²) in [7, 11) is 0. The van der Waals surface area contributed by atoms with Gasteiger partial charge in [0.2, 0.25) is 5.91 Å². The number of hydrogen-bond acceptors (Lipinski definition) is 3. The van der Waals surface area contributed by atoms with E-state index >= 15 is 0 Å². The smallest absolute Gasteiger partial charge is 0.230 e. The Balaban J connectivity index is 1.17. The number of amides is 1. The average molecular weight is 461 g/mol. The predicted octanol–water partition coefficient (Wildman–Crippen LogP) is 5.12. The first-order valence-electron chi connectivity index (χ1n) is 13.9. The summed E-state index contributed by atoms with van der Waals surface area (Å²) in [6.07, 6.45) is 13.9. The van der Waals surface area contributed by atoms with Crippen LogP contribution in [0.2, 0.25) is 0 Å². The van der Waals surface area contributed by atoms with Crippen LogP contribution in [-0.2, 0) is 16.0 Å². The van der Waals surface area contributed by atoms with Crippen molar-refractivity contribution < 1.29 is 9.59 Å². The molecule has 4 heteroatoms. The van der Waals surface area contributed by atoms with Gasteiger partial charge in [-0.25, -0.2) is 0 Å². The minimum atomic E-state index is -0.120. The lowest BCUT2D eigenvalue weighted by Gasteiger charge is -2.55. The molecule has 1 amide bonds. The van der Waals surface area contributed by atoms with Crippen LogP contribution in [0.5, 0.6) is 0 Å². The third kappa shape index (κ3) is 4.06. The number of benzene rings is 1. The van der Waals surface area contributed by atoms with Crippen LogP contribution in [0.15, 0.2) is 35.9 Å². The molecule has 4 nitrogen and oxygen atoms in total. The number of fused-ring (bicyclic) bond motifs is 6. The highest BCUT2D eigenvalue weighted by Gasteiger charge is 2.47. The van der Waals surface area contributed by atoms with E-state index in [4.69, 9.17) is 0 Å². The minimum Gasteiger partial charge on any atom is -0.335 e. The van der Waals surface area contributed by atoms with Gasteiger partial charge in [-0.2, -0.15) is 0 Å². The van der Waals surface area contributed by atoms with Crippen LogP contribution in [0, 0.1) is 17.8 Å². The quantitative estimate of drug-likeness (QED) is 0.586. The van der Waals surface area contributed by atoms with Gasteiger partial charge < -0.3 is 4.90 Å². The monoisotopic (exact) mass is 460 g/mol. The zero-order valence-electron chi connectivity index (χ0n) is 20.8. The maximum atomic E-state index is 13.8. The summed E-state index contributed by atoms with van der Waals surface area (Å²) in [5, 5.41) is 0. The van der Waals surface area contributed by atoms with E-state index in [1.165, 1.54) is 50.8 Å². The molecule has 0 N–H and O–H groups in total. The maximum absolute atomic E-state index is 13.8. The molecule has 182 valence electrons. The number of carbonyl (C=O) groups is 2.